The van der Waals surface area contributed by atoms with Crippen LogP contribution in [-0.2, 0) is 28.6 Å². The van der Waals surface area contributed by atoms with E-state index in [4.69, 9.17) is 4.74 Å². The molecule has 3 atom stereocenters. The highest BCUT2D eigenvalue weighted by atomic mass is 32.2. The van der Waals surface area contributed by atoms with Gasteiger partial charge in [0.1, 0.15) is 23.3 Å². The molecule has 2 heterocycles. The van der Waals surface area contributed by atoms with E-state index in [2.05, 4.69) is 9.97 Å². The second kappa shape index (κ2) is 7.28. The number of hydrogen-bond acceptors (Lipinski definition) is 3. The molecule has 0 amide bonds. The molecule has 27 heavy (non-hydrogen) atoms. The first-order valence-electron chi connectivity index (χ1n) is 8.27. The molecule has 8 heteroatoms. The molecule has 4 nitrogen and oxygen atoms in total. The molecule has 1 aliphatic rings. The Morgan fingerprint density at radius 3 is 2.63 bits per heavy atom. The Hall–Kier alpha value is -2.45. The van der Waals surface area contributed by atoms with Crippen molar-refractivity contribution in [1.29, 1.82) is 0 Å². The Balaban J connectivity index is 1.66. The summed E-state index contributed by atoms with van der Waals surface area (Å²) >= 11 is 0. The number of hydrogen-bond donors (Lipinski definition) is 1. The monoisotopic (exact) mass is 392 g/mol. The summed E-state index contributed by atoms with van der Waals surface area (Å²) in [4.78, 5) is 7.54. The number of benzene rings is 2. The number of fused-ring (bicyclic) bond motifs is 1. The van der Waals surface area contributed by atoms with Crippen LogP contribution in [0.25, 0.3) is 0 Å². The van der Waals surface area contributed by atoms with Gasteiger partial charge in [0.2, 0.25) is 0 Å². The van der Waals surface area contributed by atoms with E-state index in [1.807, 2.05) is 0 Å². The van der Waals surface area contributed by atoms with Crippen LogP contribution in [0.3, 0.4) is 0 Å². The van der Waals surface area contributed by atoms with Crippen molar-refractivity contribution < 1.29 is 22.1 Å². The second-order valence-corrected chi connectivity index (χ2v) is 7.83. The maximum absolute atomic E-state index is 13.9. The third-order valence-corrected chi connectivity index (χ3v) is 6.30. The lowest BCUT2D eigenvalue weighted by Gasteiger charge is -2.20. The van der Waals surface area contributed by atoms with E-state index in [1.165, 1.54) is 24.3 Å². The number of nitrogens with one attached hydrogen (secondary N) is 1. The summed E-state index contributed by atoms with van der Waals surface area (Å²) in [6, 6.07) is 7.51. The number of halogens is 3. The number of rotatable bonds is 5. The molecule has 0 radical (unpaired) electrons. The highest BCUT2D eigenvalue weighted by molar-refractivity contribution is 7.86. The molecule has 1 aliphatic heterocycles. The number of ether oxygens (including phenoxy) is 1. The lowest BCUT2D eigenvalue weighted by atomic mass is 10.0. The van der Waals surface area contributed by atoms with Gasteiger partial charge in [-0.25, -0.2) is 18.2 Å². The molecule has 2 aromatic carbocycles. The summed E-state index contributed by atoms with van der Waals surface area (Å²) in [7, 11) is -1.47. The van der Waals surface area contributed by atoms with E-state index in [0.29, 0.717) is 22.7 Å². The molecule has 3 unspecified atom stereocenters. The second-order valence-electron chi connectivity index (χ2n) is 6.19. The minimum atomic E-state index is -1.47. The van der Waals surface area contributed by atoms with E-state index in [0.717, 1.165) is 12.1 Å². The molecule has 0 bridgehead atoms. The van der Waals surface area contributed by atoms with Crippen LogP contribution in [0, 0.1) is 17.5 Å². The predicted octanol–water partition coefficient (Wildman–Crippen LogP) is 3.82. The van der Waals surface area contributed by atoms with Gasteiger partial charge in [-0.15, -0.1) is 0 Å². The van der Waals surface area contributed by atoms with Gasteiger partial charge in [0.25, 0.3) is 0 Å². The van der Waals surface area contributed by atoms with E-state index in [9.17, 15) is 17.4 Å². The zero-order chi connectivity index (χ0) is 19.0. The summed E-state index contributed by atoms with van der Waals surface area (Å²) in [6.07, 6.45) is 2.73. The van der Waals surface area contributed by atoms with Crippen molar-refractivity contribution in [2.45, 2.75) is 29.3 Å². The van der Waals surface area contributed by atoms with Gasteiger partial charge in [-0.2, -0.15) is 0 Å². The van der Waals surface area contributed by atoms with Crippen LogP contribution >= 0.6 is 0 Å². The van der Waals surface area contributed by atoms with Crippen LogP contribution in [0.2, 0.25) is 0 Å². The van der Waals surface area contributed by atoms with Gasteiger partial charge in [0, 0.05) is 34.8 Å². The largest absolute Gasteiger partial charge is 0.367 e. The number of aromatic nitrogens is 2. The number of nitrogens with zero attached hydrogens (tertiary/aromatic N) is 1. The van der Waals surface area contributed by atoms with Crippen molar-refractivity contribution in [2.75, 3.05) is 0 Å². The molecule has 0 saturated heterocycles. The average molecular weight is 392 g/mol. The number of aromatic amines is 1. The van der Waals surface area contributed by atoms with Gasteiger partial charge in [-0.05, 0) is 30.3 Å². The van der Waals surface area contributed by atoms with Crippen LogP contribution in [0.1, 0.15) is 23.1 Å². The van der Waals surface area contributed by atoms with Crippen LogP contribution in [0.15, 0.2) is 53.7 Å². The summed E-state index contributed by atoms with van der Waals surface area (Å²) in [5.74, 6) is -1.34. The Kier molecular flexibility index (Phi) is 4.84. The van der Waals surface area contributed by atoms with Gasteiger partial charge in [0.05, 0.1) is 28.8 Å². The summed E-state index contributed by atoms with van der Waals surface area (Å²) in [5, 5.41) is -0.553. The highest BCUT2D eigenvalue weighted by Crippen LogP contribution is 2.41. The normalized spacial score (nSPS) is 21.4. The fraction of sp³-hybridized carbons (Fsp3) is 0.211. The molecule has 1 aromatic heterocycles. The van der Waals surface area contributed by atoms with Crippen molar-refractivity contribution >= 4 is 10.8 Å². The Morgan fingerprint density at radius 1 is 1.15 bits per heavy atom. The molecule has 3 aromatic rings. The molecule has 0 saturated carbocycles. The zero-order valence-electron chi connectivity index (χ0n) is 14.0. The quantitative estimate of drug-likeness (QED) is 0.718. The molecule has 0 aliphatic carbocycles. The predicted molar refractivity (Wildman–Crippen MR) is 92.8 cm³/mol. The molecular weight excluding hydrogens is 377 g/mol. The maximum atomic E-state index is 13.9. The topological polar surface area (TPSA) is 55.0 Å². The first-order valence-corrected chi connectivity index (χ1v) is 9.48. The first-order chi connectivity index (χ1) is 13.0. The molecule has 0 spiro atoms. The third-order valence-electron chi connectivity index (χ3n) is 4.53. The first kappa shape index (κ1) is 17.9. The third kappa shape index (κ3) is 3.42. The highest BCUT2D eigenvalue weighted by Gasteiger charge is 2.40. The van der Waals surface area contributed by atoms with E-state index in [-0.39, 0.29) is 12.2 Å². The molecule has 140 valence electrons. The Labute approximate surface area is 155 Å². The van der Waals surface area contributed by atoms with Gasteiger partial charge in [-0.3, -0.25) is 4.21 Å². The molecule has 1 N–H and O–H groups in total. The molecule has 4 rings (SSSR count). The van der Waals surface area contributed by atoms with Crippen molar-refractivity contribution in [3.8, 4) is 0 Å². The van der Waals surface area contributed by atoms with Crippen molar-refractivity contribution in [2.24, 2.45) is 0 Å². The lowest BCUT2D eigenvalue weighted by Crippen LogP contribution is -2.23. The SMILES string of the molecule is O=S1c2ccc(F)cc2C(OCc2c(F)cccc2F)C1Cc1ncc[nH]1. The van der Waals surface area contributed by atoms with E-state index >= 15 is 0 Å². The summed E-state index contributed by atoms with van der Waals surface area (Å²) in [5.41, 5.74) is 0.214. The minimum Gasteiger partial charge on any atom is -0.367 e. The number of imidazole rings is 1. The zero-order valence-corrected chi connectivity index (χ0v) is 14.8. The van der Waals surface area contributed by atoms with Crippen LogP contribution in [0.5, 0.6) is 0 Å². The Bertz CT molecular complexity index is 974. The number of H-pyrrole nitrogens is 1. The lowest BCUT2D eigenvalue weighted by molar-refractivity contribution is 0.0353. The minimum absolute atomic E-state index is 0.218. The fourth-order valence-electron chi connectivity index (χ4n) is 3.22. The van der Waals surface area contributed by atoms with Gasteiger partial charge in [-0.1, -0.05) is 6.07 Å². The average Bonchev–Trinajstić information content (AvgIpc) is 3.23. The van der Waals surface area contributed by atoms with Gasteiger partial charge < -0.3 is 9.72 Å². The molecular formula is C19H15F3N2O2S. The van der Waals surface area contributed by atoms with E-state index in [1.54, 1.807) is 12.4 Å². The van der Waals surface area contributed by atoms with Crippen LogP contribution < -0.4 is 0 Å². The maximum Gasteiger partial charge on any atom is 0.131 e. The van der Waals surface area contributed by atoms with Crippen LogP contribution in [0.4, 0.5) is 13.2 Å². The van der Waals surface area contributed by atoms with Gasteiger partial charge in [0.15, 0.2) is 0 Å². The van der Waals surface area contributed by atoms with E-state index < -0.39 is 39.6 Å². The summed E-state index contributed by atoms with van der Waals surface area (Å²) < 4.78 is 60.3. The van der Waals surface area contributed by atoms with Crippen molar-refractivity contribution in [1.82, 2.24) is 9.97 Å². The van der Waals surface area contributed by atoms with Crippen LogP contribution in [-0.4, -0.2) is 19.4 Å². The van der Waals surface area contributed by atoms with Gasteiger partial charge >= 0.3 is 0 Å². The van der Waals surface area contributed by atoms with Crippen molar-refractivity contribution in [3.63, 3.8) is 0 Å². The standard InChI is InChI=1S/C19H15F3N2O2S/c20-11-4-5-16-12(8-11)19(17(27(16)25)9-18-23-6-7-24-18)26-10-13-14(21)2-1-3-15(13)22/h1-8,17,19H,9-10H2,(H,23,24). The van der Waals surface area contributed by atoms with Crippen molar-refractivity contribution in [3.05, 3.63) is 83.2 Å². The molecule has 0 fully saturated rings. The smallest absolute Gasteiger partial charge is 0.131 e. The summed E-state index contributed by atoms with van der Waals surface area (Å²) in [6.45, 7) is -0.356. The Morgan fingerprint density at radius 2 is 1.93 bits per heavy atom. The fourth-order valence-corrected chi connectivity index (χ4v) is 4.92.